The molecule has 0 aliphatic carbocycles. The predicted molar refractivity (Wildman–Crippen MR) is 91.9 cm³/mol. The minimum absolute atomic E-state index is 0.0275. The molecule has 1 atom stereocenters. The standard InChI is InChI=1S/C16H30N4O2S/c1-12(2)10-20-9-7-6-8-15(11-20)18-23(21,22)16-13(3)17-19(5)14(16)4/h12,15,18H,6-11H2,1-5H3. The lowest BCUT2D eigenvalue weighted by atomic mass is 10.1. The van der Waals surface area contributed by atoms with Crippen LogP contribution in [-0.4, -0.2) is 48.8 Å². The zero-order chi connectivity index (χ0) is 17.2. The van der Waals surface area contributed by atoms with Crippen LogP contribution in [0.4, 0.5) is 0 Å². The molecule has 132 valence electrons. The summed E-state index contributed by atoms with van der Waals surface area (Å²) < 4.78 is 30.2. The van der Waals surface area contributed by atoms with Crippen LogP contribution in [-0.2, 0) is 17.1 Å². The van der Waals surface area contributed by atoms with Crippen molar-refractivity contribution in [3.63, 3.8) is 0 Å². The molecule has 0 bridgehead atoms. The number of hydrogen-bond donors (Lipinski definition) is 1. The summed E-state index contributed by atoms with van der Waals surface area (Å²) in [6.07, 6.45) is 3.09. The van der Waals surface area contributed by atoms with Crippen molar-refractivity contribution in [2.24, 2.45) is 13.0 Å². The number of sulfonamides is 1. The van der Waals surface area contributed by atoms with Crippen molar-refractivity contribution in [2.45, 2.75) is 57.9 Å². The second kappa shape index (κ2) is 7.32. The van der Waals surface area contributed by atoms with Crippen molar-refractivity contribution in [2.75, 3.05) is 19.6 Å². The molecule has 7 heteroatoms. The minimum Gasteiger partial charge on any atom is -0.301 e. The lowest BCUT2D eigenvalue weighted by Crippen LogP contribution is -2.43. The van der Waals surface area contributed by atoms with Crippen molar-refractivity contribution in [1.82, 2.24) is 19.4 Å². The Kier molecular flexibility index (Phi) is 5.86. The Bertz CT molecular complexity index is 637. The maximum atomic E-state index is 12.8. The van der Waals surface area contributed by atoms with Gasteiger partial charge in [-0.2, -0.15) is 5.10 Å². The van der Waals surface area contributed by atoms with Gasteiger partial charge < -0.3 is 4.90 Å². The third-order valence-electron chi connectivity index (χ3n) is 4.41. The molecule has 23 heavy (non-hydrogen) atoms. The Morgan fingerprint density at radius 1 is 1.30 bits per heavy atom. The molecule has 1 N–H and O–H groups in total. The summed E-state index contributed by atoms with van der Waals surface area (Å²) >= 11 is 0. The first-order valence-corrected chi connectivity index (χ1v) is 9.94. The third kappa shape index (κ3) is 4.55. The van der Waals surface area contributed by atoms with Gasteiger partial charge in [-0.1, -0.05) is 20.3 Å². The molecule has 1 aliphatic rings. The predicted octanol–water partition coefficient (Wildman–Crippen LogP) is 1.83. The van der Waals surface area contributed by atoms with E-state index in [1.165, 1.54) is 0 Å². The second-order valence-corrected chi connectivity index (χ2v) is 8.74. The molecular weight excluding hydrogens is 312 g/mol. The Balaban J connectivity index is 2.15. The maximum absolute atomic E-state index is 12.8. The van der Waals surface area contributed by atoms with Gasteiger partial charge in [0.25, 0.3) is 0 Å². The van der Waals surface area contributed by atoms with Crippen molar-refractivity contribution in [3.8, 4) is 0 Å². The number of rotatable bonds is 5. The van der Waals surface area contributed by atoms with Crippen LogP contribution in [0, 0.1) is 19.8 Å². The van der Waals surface area contributed by atoms with E-state index in [2.05, 4.69) is 28.6 Å². The highest BCUT2D eigenvalue weighted by atomic mass is 32.2. The Hall–Kier alpha value is -0.920. The lowest BCUT2D eigenvalue weighted by molar-refractivity contribution is 0.240. The molecule has 0 amide bonds. The lowest BCUT2D eigenvalue weighted by Gasteiger charge is -2.26. The third-order valence-corrected chi connectivity index (χ3v) is 6.18. The molecule has 1 unspecified atom stereocenters. The second-order valence-electron chi connectivity index (χ2n) is 7.09. The molecule has 1 fully saturated rings. The van der Waals surface area contributed by atoms with Crippen LogP contribution in [0.15, 0.2) is 4.90 Å². The minimum atomic E-state index is -3.53. The highest BCUT2D eigenvalue weighted by molar-refractivity contribution is 7.89. The average molecular weight is 343 g/mol. The molecule has 0 spiro atoms. The number of nitrogens with one attached hydrogen (secondary N) is 1. The van der Waals surface area contributed by atoms with Crippen LogP contribution in [0.1, 0.15) is 44.5 Å². The number of likely N-dealkylation sites (tertiary alicyclic amines) is 1. The van der Waals surface area contributed by atoms with Gasteiger partial charge in [-0.3, -0.25) is 4.68 Å². The normalized spacial score (nSPS) is 20.9. The highest BCUT2D eigenvalue weighted by Crippen LogP contribution is 2.20. The van der Waals surface area contributed by atoms with Crippen LogP contribution in [0.2, 0.25) is 0 Å². The van der Waals surface area contributed by atoms with Crippen molar-refractivity contribution >= 4 is 10.0 Å². The summed E-state index contributed by atoms with van der Waals surface area (Å²) in [4.78, 5) is 2.72. The monoisotopic (exact) mass is 342 g/mol. The van der Waals surface area contributed by atoms with Gasteiger partial charge in [0.05, 0.1) is 11.4 Å². The van der Waals surface area contributed by atoms with Gasteiger partial charge in [0.2, 0.25) is 10.0 Å². The fourth-order valence-electron chi connectivity index (χ4n) is 3.42. The summed E-state index contributed by atoms with van der Waals surface area (Å²) in [5, 5.41) is 4.23. The van der Waals surface area contributed by atoms with E-state index < -0.39 is 10.0 Å². The van der Waals surface area contributed by atoms with Crippen LogP contribution in [0.3, 0.4) is 0 Å². The van der Waals surface area contributed by atoms with E-state index in [-0.39, 0.29) is 6.04 Å². The van der Waals surface area contributed by atoms with E-state index in [0.717, 1.165) is 38.9 Å². The van der Waals surface area contributed by atoms with E-state index in [0.29, 0.717) is 22.2 Å². The molecule has 1 saturated heterocycles. The zero-order valence-electron chi connectivity index (χ0n) is 15.0. The first-order chi connectivity index (χ1) is 10.7. The Labute approximate surface area is 140 Å². The average Bonchev–Trinajstić information content (AvgIpc) is 2.58. The van der Waals surface area contributed by atoms with E-state index in [1.54, 1.807) is 25.6 Å². The highest BCUT2D eigenvalue weighted by Gasteiger charge is 2.28. The topological polar surface area (TPSA) is 67.2 Å². The SMILES string of the molecule is Cc1nn(C)c(C)c1S(=O)(=O)NC1CCCCN(CC(C)C)C1. The van der Waals surface area contributed by atoms with Crippen molar-refractivity contribution < 1.29 is 8.42 Å². The van der Waals surface area contributed by atoms with Crippen molar-refractivity contribution in [1.29, 1.82) is 0 Å². The van der Waals surface area contributed by atoms with Crippen LogP contribution >= 0.6 is 0 Å². The molecule has 0 radical (unpaired) electrons. The summed E-state index contributed by atoms with van der Waals surface area (Å²) in [5.41, 5.74) is 1.24. The summed E-state index contributed by atoms with van der Waals surface area (Å²) in [6, 6.07) is -0.0275. The van der Waals surface area contributed by atoms with Crippen LogP contribution in [0.5, 0.6) is 0 Å². The molecule has 6 nitrogen and oxygen atoms in total. The maximum Gasteiger partial charge on any atom is 0.244 e. The van der Waals surface area contributed by atoms with Crippen LogP contribution < -0.4 is 4.72 Å². The zero-order valence-corrected chi connectivity index (χ0v) is 15.8. The first kappa shape index (κ1) is 18.4. The summed E-state index contributed by atoms with van der Waals surface area (Å²) in [6.45, 7) is 10.8. The van der Waals surface area contributed by atoms with Gasteiger partial charge in [0, 0.05) is 26.2 Å². The fourth-order valence-corrected chi connectivity index (χ4v) is 5.12. The van der Waals surface area contributed by atoms with Gasteiger partial charge in [-0.25, -0.2) is 13.1 Å². The summed E-state index contributed by atoms with van der Waals surface area (Å²) in [7, 11) is -1.75. The van der Waals surface area contributed by atoms with E-state index >= 15 is 0 Å². The Morgan fingerprint density at radius 2 is 2.00 bits per heavy atom. The van der Waals surface area contributed by atoms with Gasteiger partial charge in [-0.05, 0) is 39.2 Å². The van der Waals surface area contributed by atoms with E-state index in [4.69, 9.17) is 0 Å². The molecule has 2 rings (SSSR count). The number of aromatic nitrogens is 2. The first-order valence-electron chi connectivity index (χ1n) is 8.45. The van der Waals surface area contributed by atoms with Gasteiger partial charge in [0.15, 0.2) is 0 Å². The van der Waals surface area contributed by atoms with E-state index in [1.807, 2.05) is 0 Å². The molecule has 1 aromatic rings. The van der Waals surface area contributed by atoms with E-state index in [9.17, 15) is 8.42 Å². The molecule has 0 aromatic carbocycles. The van der Waals surface area contributed by atoms with Gasteiger partial charge >= 0.3 is 0 Å². The molecule has 1 aliphatic heterocycles. The van der Waals surface area contributed by atoms with Gasteiger partial charge in [0.1, 0.15) is 4.90 Å². The molecule has 0 saturated carbocycles. The molecule has 2 heterocycles. The molecular formula is C16H30N4O2S. The fraction of sp³-hybridized carbons (Fsp3) is 0.812. The van der Waals surface area contributed by atoms with Crippen molar-refractivity contribution in [3.05, 3.63) is 11.4 Å². The number of hydrogen-bond acceptors (Lipinski definition) is 4. The number of nitrogens with zero attached hydrogens (tertiary/aromatic N) is 3. The quantitative estimate of drug-likeness (QED) is 0.886. The smallest absolute Gasteiger partial charge is 0.244 e. The Morgan fingerprint density at radius 3 is 2.57 bits per heavy atom. The largest absolute Gasteiger partial charge is 0.301 e. The van der Waals surface area contributed by atoms with Crippen LogP contribution in [0.25, 0.3) is 0 Å². The number of aryl methyl sites for hydroxylation is 2. The molecule has 1 aromatic heterocycles. The van der Waals surface area contributed by atoms with Gasteiger partial charge in [-0.15, -0.1) is 0 Å². The summed E-state index contributed by atoms with van der Waals surface area (Å²) in [5.74, 6) is 0.591.